The molecule has 1 aromatic rings. The summed E-state index contributed by atoms with van der Waals surface area (Å²) in [5, 5.41) is 7.42. The predicted octanol–water partition coefficient (Wildman–Crippen LogP) is 2.73. The lowest BCUT2D eigenvalue weighted by Crippen LogP contribution is -2.37. The van der Waals surface area contributed by atoms with Crippen LogP contribution in [0.4, 0.5) is 0 Å². The number of nitrogens with zero attached hydrogens (tertiary/aromatic N) is 2. The van der Waals surface area contributed by atoms with Crippen LogP contribution in [-0.2, 0) is 11.2 Å². The summed E-state index contributed by atoms with van der Waals surface area (Å²) >= 11 is 0. The van der Waals surface area contributed by atoms with Crippen LogP contribution in [0.1, 0.15) is 59.4 Å². The van der Waals surface area contributed by atoms with Gasteiger partial charge in [-0.15, -0.1) is 0 Å². The van der Waals surface area contributed by atoms with Crippen LogP contribution in [0.15, 0.2) is 4.52 Å². The fraction of sp³-hybridized carbons (Fsp3) is 0.857. The molecule has 0 aliphatic heterocycles. The zero-order valence-electron chi connectivity index (χ0n) is 13.2. The highest BCUT2D eigenvalue weighted by Crippen LogP contribution is 2.33. The molecule has 0 saturated carbocycles. The van der Waals surface area contributed by atoms with Crippen molar-refractivity contribution in [3.8, 4) is 0 Å². The average Bonchev–Trinajstić information content (AvgIpc) is 2.63. The summed E-state index contributed by atoms with van der Waals surface area (Å²) in [6.45, 7) is 13.5. The van der Waals surface area contributed by atoms with Gasteiger partial charge in [-0.2, -0.15) is 4.98 Å². The Hall–Kier alpha value is -0.940. The predicted molar refractivity (Wildman–Crippen MR) is 75.0 cm³/mol. The van der Waals surface area contributed by atoms with Crippen LogP contribution in [0.3, 0.4) is 0 Å². The van der Waals surface area contributed by atoms with Crippen molar-refractivity contribution in [1.82, 2.24) is 15.5 Å². The van der Waals surface area contributed by atoms with E-state index in [1.807, 2.05) is 0 Å². The van der Waals surface area contributed by atoms with Crippen LogP contribution in [0.25, 0.3) is 0 Å². The van der Waals surface area contributed by atoms with E-state index in [9.17, 15) is 0 Å². The van der Waals surface area contributed by atoms with E-state index >= 15 is 0 Å². The molecule has 19 heavy (non-hydrogen) atoms. The first kappa shape index (κ1) is 16.1. The quantitative estimate of drug-likeness (QED) is 0.890. The highest BCUT2D eigenvalue weighted by molar-refractivity contribution is 4.96. The van der Waals surface area contributed by atoms with Gasteiger partial charge in [0.25, 0.3) is 0 Å². The van der Waals surface area contributed by atoms with Crippen molar-refractivity contribution in [2.75, 3.05) is 13.7 Å². The molecule has 5 nitrogen and oxygen atoms in total. The van der Waals surface area contributed by atoms with Gasteiger partial charge in [0.2, 0.25) is 11.7 Å². The molecule has 0 aliphatic rings. The van der Waals surface area contributed by atoms with E-state index in [-0.39, 0.29) is 17.1 Å². The van der Waals surface area contributed by atoms with Crippen LogP contribution in [0, 0.1) is 5.41 Å². The van der Waals surface area contributed by atoms with Gasteiger partial charge in [0.1, 0.15) is 6.10 Å². The zero-order chi connectivity index (χ0) is 14.7. The first-order valence-electron chi connectivity index (χ1n) is 6.74. The van der Waals surface area contributed by atoms with Crippen molar-refractivity contribution < 1.29 is 9.26 Å². The molecule has 1 heterocycles. The molecule has 1 unspecified atom stereocenters. The lowest BCUT2D eigenvalue weighted by Gasteiger charge is -2.26. The maximum atomic E-state index is 5.47. The number of aromatic nitrogens is 2. The second-order valence-corrected chi connectivity index (χ2v) is 6.95. The molecule has 0 bridgehead atoms. The Morgan fingerprint density at radius 1 is 1.21 bits per heavy atom. The summed E-state index contributed by atoms with van der Waals surface area (Å²) < 4.78 is 10.7. The highest BCUT2D eigenvalue weighted by atomic mass is 16.5. The van der Waals surface area contributed by atoms with Gasteiger partial charge in [0.15, 0.2) is 0 Å². The van der Waals surface area contributed by atoms with E-state index in [0.29, 0.717) is 11.7 Å². The molecule has 1 N–H and O–H groups in total. The smallest absolute Gasteiger partial charge is 0.228 e. The summed E-state index contributed by atoms with van der Waals surface area (Å²) in [5.41, 5.74) is 0.0445. The molecule has 0 amide bonds. The Balaban J connectivity index is 2.62. The van der Waals surface area contributed by atoms with Crippen molar-refractivity contribution in [2.45, 2.75) is 59.6 Å². The molecule has 0 radical (unpaired) electrons. The van der Waals surface area contributed by atoms with Gasteiger partial charge in [-0.05, 0) is 26.2 Å². The van der Waals surface area contributed by atoms with Crippen LogP contribution >= 0.6 is 0 Å². The topological polar surface area (TPSA) is 60.2 Å². The summed E-state index contributed by atoms with van der Waals surface area (Å²) in [6, 6.07) is 0. The standard InChI is InChI=1S/C14H27N3O2/c1-13(2,3)11(18-7)12-16-10(19-17-12)8-9-15-14(4,5)6/h11,15H,8-9H2,1-7H3. The molecule has 0 aromatic carbocycles. The Morgan fingerprint density at radius 3 is 2.32 bits per heavy atom. The third-order valence-electron chi connectivity index (χ3n) is 2.73. The summed E-state index contributed by atoms with van der Waals surface area (Å²) in [4.78, 5) is 4.42. The number of methoxy groups -OCH3 is 1. The molecule has 0 fully saturated rings. The third kappa shape index (κ3) is 5.28. The third-order valence-corrected chi connectivity index (χ3v) is 2.73. The number of hydrogen-bond acceptors (Lipinski definition) is 5. The Bertz CT molecular complexity index is 388. The zero-order valence-corrected chi connectivity index (χ0v) is 13.2. The van der Waals surface area contributed by atoms with E-state index in [0.717, 1.165) is 13.0 Å². The molecule has 1 rings (SSSR count). The van der Waals surface area contributed by atoms with Crippen LogP contribution in [0.5, 0.6) is 0 Å². The molecule has 0 aliphatic carbocycles. The van der Waals surface area contributed by atoms with Crippen molar-refractivity contribution in [2.24, 2.45) is 5.41 Å². The normalized spacial score (nSPS) is 14.7. The SMILES string of the molecule is COC(c1noc(CCNC(C)(C)C)n1)C(C)(C)C. The van der Waals surface area contributed by atoms with E-state index in [1.165, 1.54) is 0 Å². The minimum Gasteiger partial charge on any atom is -0.373 e. The van der Waals surface area contributed by atoms with Gasteiger partial charge < -0.3 is 14.6 Å². The van der Waals surface area contributed by atoms with E-state index in [1.54, 1.807) is 7.11 Å². The van der Waals surface area contributed by atoms with Crippen LogP contribution in [-0.4, -0.2) is 29.3 Å². The van der Waals surface area contributed by atoms with E-state index < -0.39 is 0 Å². The van der Waals surface area contributed by atoms with Crippen LogP contribution < -0.4 is 5.32 Å². The lowest BCUT2D eigenvalue weighted by molar-refractivity contribution is 0.00718. The average molecular weight is 269 g/mol. The molecule has 5 heteroatoms. The minimum absolute atomic E-state index is 0.0560. The van der Waals surface area contributed by atoms with Gasteiger partial charge >= 0.3 is 0 Å². The van der Waals surface area contributed by atoms with Gasteiger partial charge in [-0.1, -0.05) is 25.9 Å². The first-order valence-corrected chi connectivity index (χ1v) is 6.74. The second kappa shape index (κ2) is 6.01. The maximum Gasteiger partial charge on any atom is 0.228 e. The number of ether oxygens (including phenoxy) is 1. The van der Waals surface area contributed by atoms with Gasteiger partial charge in [-0.3, -0.25) is 0 Å². The van der Waals surface area contributed by atoms with Gasteiger partial charge in [0.05, 0.1) is 0 Å². The van der Waals surface area contributed by atoms with Crippen molar-refractivity contribution >= 4 is 0 Å². The summed E-state index contributed by atoms with van der Waals surface area (Å²) in [6.07, 6.45) is 0.575. The molecule has 1 atom stereocenters. The molecule has 0 spiro atoms. The second-order valence-electron chi connectivity index (χ2n) is 6.95. The van der Waals surface area contributed by atoms with Crippen molar-refractivity contribution in [3.05, 3.63) is 11.7 Å². The summed E-state index contributed by atoms with van der Waals surface area (Å²) in [5.74, 6) is 1.28. The first-order chi connectivity index (χ1) is 8.63. The maximum absolute atomic E-state index is 5.47. The molecular weight excluding hydrogens is 242 g/mol. The largest absolute Gasteiger partial charge is 0.373 e. The Morgan fingerprint density at radius 2 is 1.84 bits per heavy atom. The number of rotatable bonds is 5. The minimum atomic E-state index is -0.152. The Labute approximate surface area is 116 Å². The monoisotopic (exact) mass is 269 g/mol. The van der Waals surface area contributed by atoms with Crippen molar-refractivity contribution in [1.29, 1.82) is 0 Å². The fourth-order valence-electron chi connectivity index (χ4n) is 1.87. The van der Waals surface area contributed by atoms with Crippen LogP contribution in [0.2, 0.25) is 0 Å². The van der Waals surface area contributed by atoms with E-state index in [4.69, 9.17) is 9.26 Å². The molecule has 110 valence electrons. The number of nitrogens with one attached hydrogen (secondary N) is 1. The molecule has 1 aromatic heterocycles. The molecular formula is C14H27N3O2. The Kier molecular flexibility index (Phi) is 5.10. The molecule has 0 saturated heterocycles. The summed E-state index contributed by atoms with van der Waals surface area (Å²) in [7, 11) is 1.67. The van der Waals surface area contributed by atoms with E-state index in [2.05, 4.69) is 57.0 Å². The number of hydrogen-bond donors (Lipinski definition) is 1. The van der Waals surface area contributed by atoms with Gasteiger partial charge in [0, 0.05) is 25.6 Å². The van der Waals surface area contributed by atoms with Crippen molar-refractivity contribution in [3.63, 3.8) is 0 Å². The lowest BCUT2D eigenvalue weighted by atomic mass is 9.88. The highest BCUT2D eigenvalue weighted by Gasteiger charge is 2.30. The van der Waals surface area contributed by atoms with Gasteiger partial charge in [-0.25, -0.2) is 0 Å². The fourth-order valence-corrected chi connectivity index (χ4v) is 1.87.